The summed E-state index contributed by atoms with van der Waals surface area (Å²) in [6.07, 6.45) is 7.08. The Morgan fingerprint density at radius 3 is 1.54 bits per heavy atom. The maximum Gasteiger partial charge on any atom is 0.155 e. The quantitative estimate of drug-likeness (QED) is 0.209. The average Bonchev–Trinajstić information content (AvgIpc) is 3.39. The molecule has 0 spiro atoms. The van der Waals surface area contributed by atoms with Crippen molar-refractivity contribution in [2.45, 2.75) is 52.4 Å². The summed E-state index contributed by atoms with van der Waals surface area (Å²) in [5, 5.41) is 2.22. The van der Waals surface area contributed by atoms with Gasteiger partial charge in [-0.05, 0) is 80.8 Å². The largest absolute Gasteiger partial charge is 0.222 e. The number of nitrogens with zero attached hydrogens (tertiary/aromatic N) is 2. The highest BCUT2D eigenvalue weighted by Crippen LogP contribution is 2.44. The summed E-state index contributed by atoms with van der Waals surface area (Å²) in [7, 11) is 0. The summed E-state index contributed by atoms with van der Waals surface area (Å²) in [4.78, 5) is 14.7. The number of thiazole rings is 2. The molecule has 8 heteroatoms. The number of hydrogen-bond acceptors (Lipinski definition) is 6. The second-order valence-corrected chi connectivity index (χ2v) is 13.5. The number of thiophene rings is 2. The van der Waals surface area contributed by atoms with E-state index in [-0.39, 0.29) is 0 Å². The summed E-state index contributed by atoms with van der Waals surface area (Å²) < 4.78 is 2.37. The van der Waals surface area contributed by atoms with E-state index in [0.717, 1.165) is 32.5 Å². The molecule has 0 aliphatic rings. The number of aryl methyl sites for hydroxylation is 2. The standard InChI is InChI=1S/C20H20Br2N2S4/c1-3-5-7-11-9-13(21)25-15(11)17-23-19-20(27-17)24-18(28-19)16-12(8-6-4-2)10-14(22)26-16/h9-10H,3-8H2,1-2H3. The van der Waals surface area contributed by atoms with Gasteiger partial charge in [0, 0.05) is 0 Å². The third-order valence-corrected chi connectivity index (χ3v) is 10.2. The molecule has 0 saturated heterocycles. The van der Waals surface area contributed by atoms with Crippen molar-refractivity contribution in [2.75, 3.05) is 0 Å². The highest BCUT2D eigenvalue weighted by molar-refractivity contribution is 9.11. The lowest BCUT2D eigenvalue weighted by molar-refractivity contribution is 0.798. The number of halogens is 2. The lowest BCUT2D eigenvalue weighted by Crippen LogP contribution is -1.84. The fourth-order valence-electron chi connectivity index (χ4n) is 3.09. The van der Waals surface area contributed by atoms with E-state index in [4.69, 9.17) is 9.97 Å². The zero-order chi connectivity index (χ0) is 19.7. The molecule has 0 atom stereocenters. The van der Waals surface area contributed by atoms with Gasteiger partial charge in [-0.1, -0.05) is 49.4 Å². The zero-order valence-corrected chi connectivity index (χ0v) is 22.1. The van der Waals surface area contributed by atoms with Gasteiger partial charge in [0.2, 0.25) is 0 Å². The fraction of sp³-hybridized carbons (Fsp3) is 0.400. The van der Waals surface area contributed by atoms with Crippen molar-refractivity contribution in [2.24, 2.45) is 0 Å². The predicted molar refractivity (Wildman–Crippen MR) is 135 cm³/mol. The van der Waals surface area contributed by atoms with Gasteiger partial charge in [-0.15, -0.1) is 22.7 Å². The second-order valence-electron chi connectivity index (χ2n) is 6.67. The van der Waals surface area contributed by atoms with E-state index in [1.165, 1.54) is 54.1 Å². The highest BCUT2D eigenvalue weighted by atomic mass is 79.9. The van der Waals surface area contributed by atoms with Crippen molar-refractivity contribution >= 4 is 86.9 Å². The summed E-state index contributed by atoms with van der Waals surface area (Å²) in [6, 6.07) is 4.51. The molecule has 0 aliphatic carbocycles. The third-order valence-electron chi connectivity index (χ3n) is 4.52. The van der Waals surface area contributed by atoms with Crippen LogP contribution in [0.15, 0.2) is 19.7 Å². The normalized spacial score (nSPS) is 11.7. The SMILES string of the molecule is CCCCc1cc(Br)sc1-c1nc2sc(-c3sc(Br)cc3CCCC)nc2s1. The Balaban J connectivity index is 1.67. The maximum absolute atomic E-state index is 4.97. The Morgan fingerprint density at radius 2 is 1.14 bits per heavy atom. The Labute approximate surface area is 198 Å². The number of aromatic nitrogens is 2. The Hall–Kier alpha value is -0.120. The minimum atomic E-state index is 1.06. The first-order valence-corrected chi connectivity index (χ1v) is 14.3. The molecule has 2 nitrogen and oxygen atoms in total. The molecule has 0 amide bonds. The van der Waals surface area contributed by atoms with Gasteiger partial charge in [0.1, 0.15) is 10.0 Å². The van der Waals surface area contributed by atoms with Crippen LogP contribution in [0.4, 0.5) is 0 Å². The van der Waals surface area contributed by atoms with Crippen LogP contribution in [0.25, 0.3) is 29.4 Å². The van der Waals surface area contributed by atoms with Crippen LogP contribution in [0.3, 0.4) is 0 Å². The molecule has 4 aromatic rings. The van der Waals surface area contributed by atoms with Crippen LogP contribution in [0.5, 0.6) is 0 Å². The highest BCUT2D eigenvalue weighted by Gasteiger charge is 2.19. The van der Waals surface area contributed by atoms with Crippen molar-refractivity contribution in [3.05, 3.63) is 30.8 Å². The van der Waals surface area contributed by atoms with Crippen molar-refractivity contribution in [1.29, 1.82) is 0 Å². The average molecular weight is 576 g/mol. The van der Waals surface area contributed by atoms with Crippen LogP contribution in [-0.2, 0) is 12.8 Å². The molecular weight excluding hydrogens is 556 g/mol. The molecule has 4 aromatic heterocycles. The number of hydrogen-bond donors (Lipinski definition) is 0. The molecule has 0 aliphatic heterocycles. The van der Waals surface area contributed by atoms with Crippen LogP contribution in [0, 0.1) is 0 Å². The zero-order valence-electron chi connectivity index (χ0n) is 15.7. The topological polar surface area (TPSA) is 25.8 Å². The van der Waals surface area contributed by atoms with Gasteiger partial charge in [-0.2, -0.15) is 0 Å². The second kappa shape index (κ2) is 9.35. The van der Waals surface area contributed by atoms with E-state index < -0.39 is 0 Å². The van der Waals surface area contributed by atoms with E-state index in [0.29, 0.717) is 0 Å². The van der Waals surface area contributed by atoms with Crippen LogP contribution in [-0.4, -0.2) is 9.97 Å². The molecule has 0 fully saturated rings. The minimum Gasteiger partial charge on any atom is -0.222 e. The van der Waals surface area contributed by atoms with E-state index >= 15 is 0 Å². The van der Waals surface area contributed by atoms with E-state index in [2.05, 4.69) is 57.8 Å². The van der Waals surface area contributed by atoms with Crippen molar-refractivity contribution in [1.82, 2.24) is 9.97 Å². The molecule has 0 N–H and O–H groups in total. The monoisotopic (exact) mass is 574 g/mol. The van der Waals surface area contributed by atoms with Gasteiger partial charge >= 0.3 is 0 Å². The third kappa shape index (κ3) is 4.47. The summed E-state index contributed by atoms with van der Waals surface area (Å²) in [6.45, 7) is 4.48. The molecular formula is C20H20Br2N2S4. The summed E-state index contributed by atoms with van der Waals surface area (Å²) in [5.74, 6) is 0. The molecule has 0 radical (unpaired) electrons. The molecule has 0 bridgehead atoms. The van der Waals surface area contributed by atoms with Gasteiger partial charge in [-0.3, -0.25) is 0 Å². The predicted octanol–water partition coefficient (Wildman–Crippen LogP) is 9.42. The maximum atomic E-state index is 4.97. The molecule has 28 heavy (non-hydrogen) atoms. The fourth-order valence-corrected chi connectivity index (χ4v) is 8.75. The molecule has 0 saturated carbocycles. The molecule has 4 heterocycles. The van der Waals surface area contributed by atoms with Crippen molar-refractivity contribution < 1.29 is 0 Å². The Morgan fingerprint density at radius 1 is 0.714 bits per heavy atom. The Bertz CT molecular complexity index is 976. The number of rotatable bonds is 8. The van der Waals surface area contributed by atoms with Gasteiger partial charge in [0.05, 0.1) is 17.3 Å². The number of unbranched alkanes of at least 4 members (excludes halogenated alkanes) is 2. The molecule has 0 unspecified atom stereocenters. The lowest BCUT2D eigenvalue weighted by Gasteiger charge is -2.00. The van der Waals surface area contributed by atoms with E-state index in [1.54, 1.807) is 45.3 Å². The first-order valence-electron chi connectivity index (χ1n) is 9.43. The van der Waals surface area contributed by atoms with Crippen LogP contribution in [0.1, 0.15) is 50.7 Å². The summed E-state index contributed by atoms with van der Waals surface area (Å²) >= 11 is 14.4. The van der Waals surface area contributed by atoms with Gasteiger partial charge in [0.15, 0.2) is 9.66 Å². The Kier molecular flexibility index (Phi) is 7.05. The minimum absolute atomic E-state index is 1.06. The van der Waals surface area contributed by atoms with Crippen molar-refractivity contribution in [3.63, 3.8) is 0 Å². The van der Waals surface area contributed by atoms with Crippen molar-refractivity contribution in [3.8, 4) is 19.8 Å². The molecule has 0 aromatic carbocycles. The van der Waals surface area contributed by atoms with Crippen LogP contribution in [0.2, 0.25) is 0 Å². The smallest absolute Gasteiger partial charge is 0.155 e. The lowest BCUT2D eigenvalue weighted by atomic mass is 10.1. The molecule has 4 rings (SSSR count). The van der Waals surface area contributed by atoms with E-state index in [9.17, 15) is 0 Å². The van der Waals surface area contributed by atoms with Gasteiger partial charge < -0.3 is 0 Å². The number of fused-ring (bicyclic) bond motifs is 1. The van der Waals surface area contributed by atoms with Crippen LogP contribution < -0.4 is 0 Å². The first kappa shape index (κ1) is 21.1. The first-order chi connectivity index (χ1) is 13.6. The van der Waals surface area contributed by atoms with Gasteiger partial charge in [-0.25, -0.2) is 9.97 Å². The summed E-state index contributed by atoms with van der Waals surface area (Å²) in [5.41, 5.74) is 2.81. The van der Waals surface area contributed by atoms with Gasteiger partial charge in [0.25, 0.3) is 0 Å². The molecule has 148 valence electrons. The van der Waals surface area contributed by atoms with Crippen LogP contribution >= 0.6 is 77.2 Å². The van der Waals surface area contributed by atoms with E-state index in [1.807, 2.05) is 0 Å².